The quantitative estimate of drug-likeness (QED) is 0.716. The first-order valence-electron chi connectivity index (χ1n) is 5.43. The molecule has 0 fully saturated rings. The van der Waals surface area contributed by atoms with E-state index in [2.05, 4.69) is 48.3 Å². The van der Waals surface area contributed by atoms with Crippen molar-refractivity contribution in [2.45, 2.75) is 26.7 Å². The molecule has 0 saturated heterocycles. The van der Waals surface area contributed by atoms with Gasteiger partial charge in [-0.25, -0.2) is 0 Å². The van der Waals surface area contributed by atoms with Crippen LogP contribution in [0.5, 0.6) is 0 Å². The second kappa shape index (κ2) is 4.39. The molecule has 78 valence electrons. The summed E-state index contributed by atoms with van der Waals surface area (Å²) < 4.78 is 0. The van der Waals surface area contributed by atoms with Crippen molar-refractivity contribution in [3.8, 4) is 0 Å². The van der Waals surface area contributed by atoms with Crippen molar-refractivity contribution in [1.29, 1.82) is 0 Å². The molecule has 0 amide bonds. The van der Waals surface area contributed by atoms with Gasteiger partial charge in [-0.1, -0.05) is 38.1 Å². The average molecular weight is 200 g/mol. The van der Waals surface area contributed by atoms with E-state index in [0.717, 1.165) is 18.6 Å². The molecule has 0 radical (unpaired) electrons. The molecule has 0 bridgehead atoms. The summed E-state index contributed by atoms with van der Waals surface area (Å²) in [6, 6.07) is 8.67. The SMILES string of the molecule is CC(C)Cc1ccc(C2=NN=CC2)cc1. The second-order valence-corrected chi connectivity index (χ2v) is 4.34. The first-order valence-corrected chi connectivity index (χ1v) is 5.43. The minimum Gasteiger partial charge on any atom is -0.163 e. The van der Waals surface area contributed by atoms with E-state index >= 15 is 0 Å². The lowest BCUT2D eigenvalue weighted by Gasteiger charge is -2.05. The lowest BCUT2D eigenvalue weighted by Crippen LogP contribution is -1.99. The van der Waals surface area contributed by atoms with E-state index in [1.807, 2.05) is 6.21 Å². The lowest BCUT2D eigenvalue weighted by molar-refractivity contribution is 0.647. The van der Waals surface area contributed by atoms with Gasteiger partial charge in [0.2, 0.25) is 0 Å². The van der Waals surface area contributed by atoms with Crippen LogP contribution in [0.1, 0.15) is 31.4 Å². The molecule has 1 aromatic carbocycles. The predicted molar refractivity (Wildman–Crippen MR) is 64.6 cm³/mol. The summed E-state index contributed by atoms with van der Waals surface area (Å²) in [6.45, 7) is 4.48. The fraction of sp³-hybridized carbons (Fsp3) is 0.385. The van der Waals surface area contributed by atoms with Crippen molar-refractivity contribution >= 4 is 11.9 Å². The average Bonchev–Trinajstić information content (AvgIpc) is 2.71. The van der Waals surface area contributed by atoms with Crippen LogP contribution >= 0.6 is 0 Å². The number of hydrogen-bond donors (Lipinski definition) is 0. The molecule has 0 aromatic heterocycles. The van der Waals surface area contributed by atoms with E-state index in [4.69, 9.17) is 0 Å². The van der Waals surface area contributed by atoms with Gasteiger partial charge in [-0.15, -0.1) is 0 Å². The molecule has 0 N–H and O–H groups in total. The van der Waals surface area contributed by atoms with Gasteiger partial charge in [0, 0.05) is 12.6 Å². The van der Waals surface area contributed by atoms with E-state index in [0.29, 0.717) is 5.92 Å². The van der Waals surface area contributed by atoms with E-state index < -0.39 is 0 Å². The Balaban J connectivity index is 2.10. The first kappa shape index (κ1) is 10.1. The molecular formula is C13H16N2. The van der Waals surface area contributed by atoms with Crippen molar-refractivity contribution in [2.24, 2.45) is 16.1 Å². The van der Waals surface area contributed by atoms with Crippen LogP contribution in [0.3, 0.4) is 0 Å². The Morgan fingerprint density at radius 2 is 1.93 bits per heavy atom. The van der Waals surface area contributed by atoms with Gasteiger partial charge in [-0.2, -0.15) is 10.2 Å². The van der Waals surface area contributed by atoms with Crippen LogP contribution in [0.15, 0.2) is 34.5 Å². The van der Waals surface area contributed by atoms with Gasteiger partial charge in [-0.05, 0) is 23.5 Å². The number of benzene rings is 1. The molecule has 1 heterocycles. The Kier molecular flexibility index (Phi) is 2.95. The van der Waals surface area contributed by atoms with Gasteiger partial charge in [-0.3, -0.25) is 0 Å². The molecule has 1 aliphatic heterocycles. The highest BCUT2D eigenvalue weighted by Gasteiger charge is 2.06. The highest BCUT2D eigenvalue weighted by molar-refractivity contribution is 6.09. The first-order chi connectivity index (χ1) is 7.25. The van der Waals surface area contributed by atoms with Crippen LogP contribution in [0.4, 0.5) is 0 Å². The normalized spacial score (nSPS) is 14.7. The summed E-state index contributed by atoms with van der Waals surface area (Å²) >= 11 is 0. The summed E-state index contributed by atoms with van der Waals surface area (Å²) in [5.74, 6) is 0.711. The topological polar surface area (TPSA) is 24.7 Å². The van der Waals surface area contributed by atoms with E-state index in [9.17, 15) is 0 Å². The lowest BCUT2D eigenvalue weighted by atomic mass is 10.00. The molecule has 2 rings (SSSR count). The summed E-state index contributed by atoms with van der Waals surface area (Å²) in [4.78, 5) is 0. The van der Waals surface area contributed by atoms with Crippen molar-refractivity contribution in [3.63, 3.8) is 0 Å². The van der Waals surface area contributed by atoms with Gasteiger partial charge in [0.25, 0.3) is 0 Å². The van der Waals surface area contributed by atoms with E-state index in [1.54, 1.807) is 0 Å². The third-order valence-electron chi connectivity index (χ3n) is 2.48. The fourth-order valence-electron chi connectivity index (χ4n) is 1.76. The van der Waals surface area contributed by atoms with Gasteiger partial charge >= 0.3 is 0 Å². The zero-order valence-electron chi connectivity index (χ0n) is 9.27. The van der Waals surface area contributed by atoms with E-state index in [-0.39, 0.29) is 0 Å². The number of rotatable bonds is 3. The maximum absolute atomic E-state index is 4.08. The highest BCUT2D eigenvalue weighted by atomic mass is 15.2. The summed E-state index contributed by atoms with van der Waals surface area (Å²) in [6.07, 6.45) is 3.85. The Morgan fingerprint density at radius 1 is 1.20 bits per heavy atom. The monoisotopic (exact) mass is 200 g/mol. The molecule has 0 unspecified atom stereocenters. The molecule has 2 nitrogen and oxygen atoms in total. The number of nitrogens with zero attached hydrogens (tertiary/aromatic N) is 2. The Bertz CT molecular complexity index is 386. The maximum Gasteiger partial charge on any atom is 0.0756 e. The van der Waals surface area contributed by atoms with Crippen LogP contribution in [0, 0.1) is 5.92 Å². The highest BCUT2D eigenvalue weighted by Crippen LogP contribution is 2.12. The number of hydrogen-bond acceptors (Lipinski definition) is 2. The van der Waals surface area contributed by atoms with Crippen LogP contribution in [0.25, 0.3) is 0 Å². The Morgan fingerprint density at radius 3 is 2.47 bits per heavy atom. The zero-order valence-corrected chi connectivity index (χ0v) is 9.27. The molecular weight excluding hydrogens is 184 g/mol. The minimum atomic E-state index is 0.711. The van der Waals surface area contributed by atoms with Crippen molar-refractivity contribution in [1.82, 2.24) is 0 Å². The summed E-state index contributed by atoms with van der Waals surface area (Å²) in [5.41, 5.74) is 3.67. The standard InChI is InChI=1S/C13H16N2/c1-10(2)9-11-3-5-12(6-4-11)13-7-8-14-15-13/h3-6,8,10H,7,9H2,1-2H3. The van der Waals surface area contributed by atoms with Gasteiger partial charge in [0.05, 0.1) is 5.71 Å². The van der Waals surface area contributed by atoms with Gasteiger partial charge in [0.15, 0.2) is 0 Å². The molecule has 1 aromatic rings. The molecule has 0 saturated carbocycles. The summed E-state index contributed by atoms with van der Waals surface area (Å²) in [7, 11) is 0. The molecule has 15 heavy (non-hydrogen) atoms. The molecule has 0 aliphatic carbocycles. The maximum atomic E-state index is 4.08. The third-order valence-corrected chi connectivity index (χ3v) is 2.48. The molecule has 0 atom stereocenters. The fourth-order valence-corrected chi connectivity index (χ4v) is 1.76. The Labute approximate surface area is 90.7 Å². The third kappa shape index (κ3) is 2.52. The van der Waals surface area contributed by atoms with Crippen LogP contribution in [-0.2, 0) is 6.42 Å². The van der Waals surface area contributed by atoms with Gasteiger partial charge < -0.3 is 0 Å². The van der Waals surface area contributed by atoms with Crippen molar-refractivity contribution < 1.29 is 0 Å². The molecule has 2 heteroatoms. The molecule has 1 aliphatic rings. The minimum absolute atomic E-state index is 0.711. The van der Waals surface area contributed by atoms with Crippen molar-refractivity contribution in [2.75, 3.05) is 0 Å². The van der Waals surface area contributed by atoms with Crippen LogP contribution < -0.4 is 0 Å². The summed E-state index contributed by atoms with van der Waals surface area (Å²) in [5, 5.41) is 7.96. The largest absolute Gasteiger partial charge is 0.163 e. The smallest absolute Gasteiger partial charge is 0.0756 e. The molecule has 0 spiro atoms. The van der Waals surface area contributed by atoms with Crippen molar-refractivity contribution in [3.05, 3.63) is 35.4 Å². The predicted octanol–water partition coefficient (Wildman–Crippen LogP) is 3.06. The van der Waals surface area contributed by atoms with E-state index in [1.165, 1.54) is 11.1 Å². The zero-order chi connectivity index (χ0) is 10.7. The van der Waals surface area contributed by atoms with Crippen LogP contribution in [0.2, 0.25) is 0 Å². The van der Waals surface area contributed by atoms with Crippen LogP contribution in [-0.4, -0.2) is 11.9 Å². The second-order valence-electron chi connectivity index (χ2n) is 4.34. The van der Waals surface area contributed by atoms with Gasteiger partial charge in [0.1, 0.15) is 0 Å². The Hall–Kier alpha value is -1.44.